The van der Waals surface area contributed by atoms with Gasteiger partial charge in [-0.05, 0) is 6.42 Å². The van der Waals surface area contributed by atoms with Crippen LogP contribution in [0.2, 0.25) is 0 Å². The van der Waals surface area contributed by atoms with Gasteiger partial charge in [-0.1, -0.05) is 103 Å². The molecular weight excluding hydrogens is 481 g/mol. The average molecular weight is 542 g/mol. The van der Waals surface area contributed by atoms with Crippen molar-refractivity contribution in [1.82, 2.24) is 0 Å². The van der Waals surface area contributed by atoms with Crippen molar-refractivity contribution in [3.05, 3.63) is 0 Å². The SMILES string of the molecule is CCCCCCCCCCCCCCCCCCOP(=O)([O-])OC1CC[N+]2(CCCC2)CC1.O.O.O. The Morgan fingerprint density at radius 1 is 0.667 bits per heavy atom. The highest BCUT2D eigenvalue weighted by Crippen LogP contribution is 2.42. The van der Waals surface area contributed by atoms with E-state index < -0.39 is 7.82 Å². The monoisotopic (exact) mass is 541 g/mol. The Morgan fingerprint density at radius 3 is 1.47 bits per heavy atom. The van der Waals surface area contributed by atoms with Gasteiger partial charge in [-0.2, -0.15) is 0 Å². The Morgan fingerprint density at radius 2 is 1.06 bits per heavy atom. The zero-order valence-electron chi connectivity index (χ0n) is 23.3. The Hall–Kier alpha value is -0.0500. The first-order valence-electron chi connectivity index (χ1n) is 14.5. The average Bonchev–Trinajstić information content (AvgIpc) is 3.25. The quantitative estimate of drug-likeness (QED) is 0.120. The highest BCUT2D eigenvalue weighted by Gasteiger charge is 2.37. The number of quaternary nitrogens is 1. The molecule has 8 nitrogen and oxygen atoms in total. The summed E-state index contributed by atoms with van der Waals surface area (Å²) in [6, 6.07) is 0. The van der Waals surface area contributed by atoms with E-state index in [0.29, 0.717) is 0 Å². The molecule has 9 heteroatoms. The van der Waals surface area contributed by atoms with Crippen LogP contribution in [0.1, 0.15) is 135 Å². The lowest BCUT2D eigenvalue weighted by molar-refractivity contribution is -0.922. The maximum absolute atomic E-state index is 12.2. The Labute approximate surface area is 221 Å². The van der Waals surface area contributed by atoms with Crippen LogP contribution in [0.25, 0.3) is 0 Å². The highest BCUT2D eigenvalue weighted by atomic mass is 31.2. The van der Waals surface area contributed by atoms with Crippen LogP contribution in [0.15, 0.2) is 0 Å². The van der Waals surface area contributed by atoms with Crippen molar-refractivity contribution in [1.29, 1.82) is 0 Å². The molecule has 6 N–H and O–H groups in total. The van der Waals surface area contributed by atoms with Gasteiger partial charge in [-0.3, -0.25) is 4.57 Å². The van der Waals surface area contributed by atoms with Crippen molar-refractivity contribution in [3.63, 3.8) is 0 Å². The van der Waals surface area contributed by atoms with Crippen LogP contribution in [-0.4, -0.2) is 59.8 Å². The fraction of sp³-hybridized carbons (Fsp3) is 1.00. The van der Waals surface area contributed by atoms with E-state index >= 15 is 0 Å². The van der Waals surface area contributed by atoms with E-state index in [2.05, 4.69) is 6.92 Å². The standard InChI is InChI=1S/C27H54NO4P.3H2O/c1-2-3-4-5-6-7-8-9-10-11-12-13-14-15-16-19-26-31-33(29,30)32-27-20-24-28(25-21-27)22-17-18-23-28;;;/h27H,2-26H2,1H3;3*1H2. The predicted molar refractivity (Wildman–Crippen MR) is 147 cm³/mol. The van der Waals surface area contributed by atoms with Crippen LogP contribution in [0, 0.1) is 0 Å². The molecule has 36 heavy (non-hydrogen) atoms. The van der Waals surface area contributed by atoms with Crippen LogP contribution in [-0.2, 0) is 13.6 Å². The molecule has 0 aromatic carbocycles. The minimum Gasteiger partial charge on any atom is -0.756 e. The molecule has 1 atom stereocenters. The second-order valence-electron chi connectivity index (χ2n) is 10.8. The third kappa shape index (κ3) is 17.5. The molecule has 2 saturated heterocycles. The molecule has 0 radical (unpaired) electrons. The lowest BCUT2D eigenvalue weighted by Gasteiger charge is -2.41. The number of phosphoric ester groups is 1. The number of rotatable bonds is 20. The van der Waals surface area contributed by atoms with Crippen LogP contribution >= 0.6 is 7.82 Å². The number of unbranched alkanes of at least 4 members (excludes halogenated alkanes) is 15. The second-order valence-corrected chi connectivity index (χ2v) is 12.2. The first-order valence-corrected chi connectivity index (χ1v) is 16.0. The van der Waals surface area contributed by atoms with Crippen LogP contribution < -0.4 is 4.89 Å². The molecule has 1 unspecified atom stereocenters. The van der Waals surface area contributed by atoms with Crippen molar-refractivity contribution in [2.24, 2.45) is 0 Å². The highest BCUT2D eigenvalue weighted by molar-refractivity contribution is 7.45. The van der Waals surface area contributed by atoms with Crippen LogP contribution in [0.5, 0.6) is 0 Å². The molecule has 0 bridgehead atoms. The zero-order valence-corrected chi connectivity index (χ0v) is 24.2. The Balaban J connectivity index is 0. The molecule has 2 aliphatic rings. The molecule has 2 aliphatic heterocycles. The minimum absolute atomic E-state index is 0. The van der Waals surface area contributed by atoms with E-state index in [1.807, 2.05) is 0 Å². The third-order valence-electron chi connectivity index (χ3n) is 7.89. The summed E-state index contributed by atoms with van der Waals surface area (Å²) in [4.78, 5) is 12.2. The minimum atomic E-state index is -4.15. The summed E-state index contributed by atoms with van der Waals surface area (Å²) < 4.78 is 23.9. The van der Waals surface area contributed by atoms with Crippen molar-refractivity contribution >= 4 is 7.82 Å². The number of nitrogens with zero attached hydrogens (tertiary/aromatic N) is 1. The van der Waals surface area contributed by atoms with E-state index in [4.69, 9.17) is 9.05 Å². The summed E-state index contributed by atoms with van der Waals surface area (Å²) in [5, 5.41) is 0. The van der Waals surface area contributed by atoms with Crippen LogP contribution in [0.4, 0.5) is 0 Å². The fourth-order valence-electron chi connectivity index (χ4n) is 5.69. The summed E-state index contributed by atoms with van der Waals surface area (Å²) >= 11 is 0. The number of phosphoric acid groups is 1. The van der Waals surface area contributed by atoms with Crippen molar-refractivity contribution in [2.75, 3.05) is 32.8 Å². The van der Waals surface area contributed by atoms with Gasteiger partial charge in [0.1, 0.15) is 0 Å². The molecule has 2 fully saturated rings. The Kier molecular flexibility index (Phi) is 24.2. The summed E-state index contributed by atoms with van der Waals surface area (Å²) in [6.45, 7) is 7.19. The van der Waals surface area contributed by atoms with Crippen molar-refractivity contribution in [2.45, 2.75) is 141 Å². The van der Waals surface area contributed by atoms with E-state index in [1.165, 1.54) is 120 Å². The smallest absolute Gasteiger partial charge is 0.268 e. The molecule has 0 amide bonds. The summed E-state index contributed by atoms with van der Waals surface area (Å²) in [7, 11) is -4.15. The Bertz CT molecular complexity index is 522. The van der Waals surface area contributed by atoms with Gasteiger partial charge >= 0.3 is 0 Å². The van der Waals surface area contributed by atoms with Crippen molar-refractivity contribution in [3.8, 4) is 0 Å². The molecule has 0 aliphatic carbocycles. The van der Waals surface area contributed by atoms with Gasteiger partial charge in [0.15, 0.2) is 0 Å². The van der Waals surface area contributed by atoms with E-state index in [0.717, 1.165) is 38.8 Å². The van der Waals surface area contributed by atoms with Gasteiger partial charge in [-0.25, -0.2) is 0 Å². The zero-order chi connectivity index (χ0) is 23.7. The van der Waals surface area contributed by atoms with Gasteiger partial charge in [0, 0.05) is 25.7 Å². The lowest BCUT2D eigenvalue weighted by Crippen LogP contribution is -2.52. The first kappa shape index (κ1) is 38.1. The van der Waals surface area contributed by atoms with Gasteiger partial charge in [0.2, 0.25) is 0 Å². The number of hydrogen-bond donors (Lipinski definition) is 0. The van der Waals surface area contributed by atoms with Gasteiger partial charge in [0.25, 0.3) is 7.82 Å². The molecule has 0 aromatic heterocycles. The lowest BCUT2D eigenvalue weighted by atomic mass is 10.0. The maximum Gasteiger partial charge on any atom is 0.268 e. The maximum atomic E-state index is 12.2. The molecule has 2 heterocycles. The summed E-state index contributed by atoms with van der Waals surface area (Å²) in [5.41, 5.74) is 0. The fourth-order valence-corrected chi connectivity index (χ4v) is 6.68. The van der Waals surface area contributed by atoms with E-state index in [-0.39, 0.29) is 29.1 Å². The van der Waals surface area contributed by atoms with Gasteiger partial charge < -0.3 is 34.9 Å². The van der Waals surface area contributed by atoms with Gasteiger partial charge in [0.05, 0.1) is 38.9 Å². The first-order chi connectivity index (χ1) is 16.1. The molecule has 220 valence electrons. The molecule has 2 rings (SSSR count). The number of hydrogen-bond acceptors (Lipinski definition) is 4. The van der Waals surface area contributed by atoms with Gasteiger partial charge in [-0.15, -0.1) is 0 Å². The topological polar surface area (TPSA) is 153 Å². The molecule has 0 aromatic rings. The molecular formula is C27H60NO7P. The van der Waals surface area contributed by atoms with Crippen molar-refractivity contribution < 1.29 is 39.4 Å². The summed E-state index contributed by atoms with van der Waals surface area (Å²) in [6.07, 6.45) is 25.1. The van der Waals surface area contributed by atoms with E-state index in [9.17, 15) is 9.46 Å². The molecule has 0 saturated carbocycles. The normalized spacial score (nSPS) is 18.7. The largest absolute Gasteiger partial charge is 0.756 e. The third-order valence-corrected chi connectivity index (χ3v) is 8.95. The van der Waals surface area contributed by atoms with Crippen LogP contribution in [0.3, 0.4) is 0 Å². The molecule has 1 spiro atoms. The summed E-state index contributed by atoms with van der Waals surface area (Å²) in [5.74, 6) is 0. The second kappa shape index (κ2) is 22.9. The number of piperidine rings is 1. The van der Waals surface area contributed by atoms with E-state index in [1.54, 1.807) is 0 Å². The predicted octanol–water partition coefficient (Wildman–Crippen LogP) is 5.05.